The Hall–Kier alpha value is -1.56. The normalized spacial score (nSPS) is 10.8. The van der Waals surface area contributed by atoms with Crippen LogP contribution in [0.25, 0.3) is 0 Å². The van der Waals surface area contributed by atoms with Crippen LogP contribution < -0.4 is 5.32 Å². The highest BCUT2D eigenvalue weighted by atomic mass is 32.2. The van der Waals surface area contributed by atoms with Crippen LogP contribution in [0.3, 0.4) is 0 Å². The van der Waals surface area contributed by atoms with Crippen molar-refractivity contribution in [2.45, 2.75) is 50.3 Å². The maximum atomic E-state index is 5.39. The molecule has 0 bridgehead atoms. The first-order valence-corrected chi connectivity index (χ1v) is 7.74. The van der Waals surface area contributed by atoms with Gasteiger partial charge < -0.3 is 9.73 Å². The predicted molar refractivity (Wildman–Crippen MR) is 80.2 cm³/mol. The van der Waals surface area contributed by atoms with Gasteiger partial charge in [-0.3, -0.25) is 0 Å². The summed E-state index contributed by atoms with van der Waals surface area (Å²) in [4.78, 5) is 13.1. The van der Waals surface area contributed by atoms with Crippen molar-refractivity contribution in [3.63, 3.8) is 0 Å². The molecule has 0 aromatic carbocycles. The van der Waals surface area contributed by atoms with E-state index in [4.69, 9.17) is 4.42 Å². The van der Waals surface area contributed by atoms with Crippen LogP contribution in [-0.2, 0) is 6.42 Å². The molecule has 5 nitrogen and oxygen atoms in total. The lowest BCUT2D eigenvalue weighted by molar-refractivity contribution is 0.453. The van der Waals surface area contributed by atoms with Crippen molar-refractivity contribution >= 4 is 17.6 Å². The van der Waals surface area contributed by atoms with E-state index < -0.39 is 0 Å². The maximum absolute atomic E-state index is 5.39. The minimum atomic E-state index is 0.625. The number of aromatic nitrogens is 3. The van der Waals surface area contributed by atoms with Crippen molar-refractivity contribution in [1.82, 2.24) is 15.0 Å². The van der Waals surface area contributed by atoms with Gasteiger partial charge in [0.1, 0.15) is 23.4 Å². The molecular weight excluding hydrogens is 272 g/mol. The zero-order chi connectivity index (χ0) is 14.4. The Labute approximate surface area is 123 Å². The summed E-state index contributed by atoms with van der Waals surface area (Å²) in [5, 5.41) is 4.91. The van der Waals surface area contributed by atoms with E-state index in [1.165, 1.54) is 11.8 Å². The van der Waals surface area contributed by atoms with Crippen LogP contribution in [0.5, 0.6) is 0 Å². The summed E-state index contributed by atoms with van der Waals surface area (Å²) in [6.45, 7) is 7.11. The van der Waals surface area contributed by atoms with Crippen LogP contribution in [0, 0.1) is 6.92 Å². The Bertz CT molecular complexity index is 556. The van der Waals surface area contributed by atoms with Gasteiger partial charge in [0.05, 0.1) is 5.69 Å². The van der Waals surface area contributed by atoms with Crippen molar-refractivity contribution in [2.24, 2.45) is 0 Å². The first kappa shape index (κ1) is 14.8. The van der Waals surface area contributed by atoms with E-state index in [0.717, 1.165) is 47.9 Å². The highest BCUT2D eigenvalue weighted by Crippen LogP contribution is 2.31. The van der Waals surface area contributed by atoms with Crippen molar-refractivity contribution in [3.8, 4) is 0 Å². The van der Waals surface area contributed by atoms with Gasteiger partial charge >= 0.3 is 0 Å². The van der Waals surface area contributed by atoms with Gasteiger partial charge in [0, 0.05) is 12.1 Å². The van der Waals surface area contributed by atoms with Crippen LogP contribution in [0.1, 0.15) is 37.9 Å². The number of aryl methyl sites for hydroxylation is 1. The second-order valence-corrected chi connectivity index (χ2v) is 5.48. The topological polar surface area (TPSA) is 63.8 Å². The largest absolute Gasteiger partial charge is 0.439 e. The smallest absolute Gasteiger partial charge is 0.262 e. The lowest BCUT2D eigenvalue weighted by Gasteiger charge is -2.12. The van der Waals surface area contributed by atoms with Crippen LogP contribution in [-0.4, -0.2) is 21.5 Å². The molecular formula is C14H20N4OS. The molecule has 2 aromatic rings. The third-order valence-corrected chi connectivity index (χ3v) is 3.64. The SMILES string of the molecule is CCCNc1ncnc(Sc2nc(C)co2)c1CCC. The standard InChI is InChI=1S/C14H20N4OS/c1-4-6-11-12(15-7-5-2)16-9-17-13(11)20-14-18-10(3)8-19-14/h8-9H,4-7H2,1-3H3,(H,15,16,17). The third kappa shape index (κ3) is 3.72. The number of anilines is 1. The molecule has 0 fully saturated rings. The molecule has 0 spiro atoms. The van der Waals surface area contributed by atoms with Gasteiger partial charge in [0.15, 0.2) is 0 Å². The molecule has 0 unspecified atom stereocenters. The summed E-state index contributed by atoms with van der Waals surface area (Å²) in [7, 11) is 0. The van der Waals surface area contributed by atoms with Gasteiger partial charge in [0.25, 0.3) is 5.22 Å². The average Bonchev–Trinajstić information content (AvgIpc) is 2.85. The number of hydrogen-bond acceptors (Lipinski definition) is 6. The number of oxazole rings is 1. The third-order valence-electron chi connectivity index (χ3n) is 2.73. The molecule has 0 saturated carbocycles. The van der Waals surface area contributed by atoms with Crippen molar-refractivity contribution < 1.29 is 4.42 Å². The fraction of sp³-hybridized carbons (Fsp3) is 0.500. The van der Waals surface area contributed by atoms with Gasteiger partial charge in [-0.2, -0.15) is 0 Å². The molecule has 0 aliphatic rings. The van der Waals surface area contributed by atoms with E-state index in [2.05, 4.69) is 34.1 Å². The lowest BCUT2D eigenvalue weighted by atomic mass is 10.2. The van der Waals surface area contributed by atoms with Crippen LogP contribution in [0.15, 0.2) is 27.3 Å². The summed E-state index contributed by atoms with van der Waals surface area (Å²) in [6, 6.07) is 0. The van der Waals surface area contributed by atoms with Crippen LogP contribution >= 0.6 is 11.8 Å². The second-order valence-electron chi connectivity index (χ2n) is 4.54. The van der Waals surface area contributed by atoms with Crippen molar-refractivity contribution in [3.05, 3.63) is 23.8 Å². The van der Waals surface area contributed by atoms with E-state index in [1.54, 1.807) is 12.6 Å². The van der Waals surface area contributed by atoms with E-state index >= 15 is 0 Å². The Morgan fingerprint density at radius 1 is 1.25 bits per heavy atom. The first-order chi connectivity index (χ1) is 9.74. The predicted octanol–water partition coefficient (Wildman–Crippen LogP) is 3.70. The molecule has 2 rings (SSSR count). The fourth-order valence-corrected chi connectivity index (χ4v) is 2.69. The minimum absolute atomic E-state index is 0.625. The van der Waals surface area contributed by atoms with Crippen molar-refractivity contribution in [2.75, 3.05) is 11.9 Å². The molecule has 0 aliphatic carbocycles. The molecule has 6 heteroatoms. The van der Waals surface area contributed by atoms with Gasteiger partial charge in [0.2, 0.25) is 0 Å². The molecule has 0 saturated heterocycles. The molecule has 0 atom stereocenters. The highest BCUT2D eigenvalue weighted by molar-refractivity contribution is 7.99. The van der Waals surface area contributed by atoms with E-state index in [1.807, 2.05) is 6.92 Å². The number of nitrogens with one attached hydrogen (secondary N) is 1. The number of rotatable bonds is 7. The van der Waals surface area contributed by atoms with E-state index in [0.29, 0.717) is 5.22 Å². The zero-order valence-electron chi connectivity index (χ0n) is 12.1. The Kier molecular flexibility index (Phi) is 5.40. The Morgan fingerprint density at radius 2 is 2.10 bits per heavy atom. The summed E-state index contributed by atoms with van der Waals surface area (Å²) in [6.07, 6.45) is 6.30. The van der Waals surface area contributed by atoms with Crippen LogP contribution in [0.4, 0.5) is 5.82 Å². The van der Waals surface area contributed by atoms with Gasteiger partial charge in [-0.05, 0) is 31.5 Å². The number of hydrogen-bond donors (Lipinski definition) is 1. The highest BCUT2D eigenvalue weighted by Gasteiger charge is 2.14. The molecule has 0 radical (unpaired) electrons. The molecule has 2 aromatic heterocycles. The second kappa shape index (κ2) is 7.28. The Morgan fingerprint density at radius 3 is 2.75 bits per heavy atom. The summed E-state index contributed by atoms with van der Waals surface area (Å²) >= 11 is 1.45. The molecule has 20 heavy (non-hydrogen) atoms. The van der Waals surface area contributed by atoms with Crippen molar-refractivity contribution in [1.29, 1.82) is 0 Å². The summed E-state index contributed by atoms with van der Waals surface area (Å²) < 4.78 is 5.39. The average molecular weight is 292 g/mol. The summed E-state index contributed by atoms with van der Waals surface area (Å²) in [5.74, 6) is 0.925. The van der Waals surface area contributed by atoms with Crippen LogP contribution in [0.2, 0.25) is 0 Å². The molecule has 0 aliphatic heterocycles. The monoisotopic (exact) mass is 292 g/mol. The number of nitrogens with zero attached hydrogens (tertiary/aromatic N) is 3. The quantitative estimate of drug-likeness (QED) is 0.785. The fourth-order valence-electron chi connectivity index (χ4n) is 1.82. The van der Waals surface area contributed by atoms with Gasteiger partial charge in [-0.25, -0.2) is 15.0 Å². The first-order valence-electron chi connectivity index (χ1n) is 6.92. The van der Waals surface area contributed by atoms with Gasteiger partial charge in [-0.1, -0.05) is 20.3 Å². The maximum Gasteiger partial charge on any atom is 0.262 e. The van der Waals surface area contributed by atoms with Gasteiger partial charge in [-0.15, -0.1) is 0 Å². The molecule has 108 valence electrons. The zero-order valence-corrected chi connectivity index (χ0v) is 13.0. The molecule has 1 N–H and O–H groups in total. The molecule has 2 heterocycles. The minimum Gasteiger partial charge on any atom is -0.439 e. The molecule has 0 amide bonds. The summed E-state index contributed by atoms with van der Waals surface area (Å²) in [5.41, 5.74) is 2.02. The van der Waals surface area contributed by atoms with E-state index in [9.17, 15) is 0 Å². The Balaban J connectivity index is 2.25. The lowest BCUT2D eigenvalue weighted by Crippen LogP contribution is -2.07. The van der Waals surface area contributed by atoms with E-state index in [-0.39, 0.29) is 0 Å².